The number of epoxide rings is 1. The van der Waals surface area contributed by atoms with Crippen LogP contribution in [0.25, 0.3) is 0 Å². The molecule has 3 aliphatic heterocycles. The maximum Gasteiger partial charge on any atom is 0.349 e. The van der Waals surface area contributed by atoms with Crippen molar-refractivity contribution in [3.63, 3.8) is 0 Å². The molecule has 5 rings (SSSR count). The lowest BCUT2D eigenvalue weighted by Gasteiger charge is -2.45. The van der Waals surface area contributed by atoms with E-state index >= 15 is 0 Å². The number of morpholine rings is 1. The number of fused-ring (bicyclic) bond motifs is 5. The van der Waals surface area contributed by atoms with Gasteiger partial charge in [-0.2, -0.15) is 0 Å². The molecule has 3 N–H and O–H groups in total. The maximum atomic E-state index is 13.1. The number of hydrogen-bond acceptors (Lipinski definition) is 8. The Balaban J connectivity index is 0.000000297. The molecule has 5 atom stereocenters. The molecule has 3 saturated heterocycles. The van der Waals surface area contributed by atoms with Gasteiger partial charge in [0.1, 0.15) is 30.4 Å². The highest BCUT2D eigenvalue weighted by molar-refractivity contribution is 7.12. The van der Waals surface area contributed by atoms with Crippen LogP contribution in [0.5, 0.6) is 0 Å². The minimum absolute atomic E-state index is 0.161. The summed E-state index contributed by atoms with van der Waals surface area (Å²) < 4.78 is 12.6. The molecule has 0 amide bonds. The molecule has 0 spiro atoms. The Kier molecular flexibility index (Phi) is 6.85. The minimum atomic E-state index is -1.72. The SMILES string of the molecule is C[N+]1(C)[C@H]2CC(OC(=O)C(O)(c3cccs3)c3cccs3)C[C@H]1[C@H]1O[C@H]12.O=C(O)CCC(=O)O. The zero-order valence-electron chi connectivity index (χ0n) is 18.8. The molecule has 184 valence electrons. The van der Waals surface area contributed by atoms with Gasteiger partial charge in [-0.15, -0.1) is 22.7 Å². The summed E-state index contributed by atoms with van der Waals surface area (Å²) in [5.74, 6) is -2.71. The molecular weight excluding hydrogens is 482 g/mol. The average Bonchev–Trinajstić information content (AvgIpc) is 3.11. The summed E-state index contributed by atoms with van der Waals surface area (Å²) in [6.45, 7) is 0. The summed E-state index contributed by atoms with van der Waals surface area (Å²) >= 11 is 2.74. The van der Waals surface area contributed by atoms with Gasteiger partial charge in [0.05, 0.1) is 36.7 Å². The monoisotopic (exact) mass is 510 g/mol. The molecule has 2 aromatic heterocycles. The first-order chi connectivity index (χ1) is 16.0. The van der Waals surface area contributed by atoms with Gasteiger partial charge in [0.25, 0.3) is 0 Å². The van der Waals surface area contributed by atoms with Gasteiger partial charge in [0, 0.05) is 12.8 Å². The number of quaternary nitrogens is 1. The van der Waals surface area contributed by atoms with E-state index in [1.165, 1.54) is 22.7 Å². The van der Waals surface area contributed by atoms with Crippen molar-refractivity contribution in [1.29, 1.82) is 0 Å². The van der Waals surface area contributed by atoms with Gasteiger partial charge in [-0.1, -0.05) is 12.1 Å². The number of rotatable bonds is 7. The average molecular weight is 511 g/mol. The fourth-order valence-corrected chi connectivity index (χ4v) is 6.76. The predicted molar refractivity (Wildman–Crippen MR) is 124 cm³/mol. The number of thiophene rings is 2. The number of carboxylic acids is 2. The summed E-state index contributed by atoms with van der Waals surface area (Å²) in [5, 5.41) is 30.9. The van der Waals surface area contributed by atoms with E-state index in [0.29, 0.717) is 34.0 Å². The number of nitrogens with zero attached hydrogens (tertiary/aromatic N) is 1. The molecule has 3 fully saturated rings. The molecule has 2 bridgehead atoms. The molecule has 3 aliphatic rings. The first-order valence-corrected chi connectivity index (χ1v) is 12.7. The normalized spacial score (nSPS) is 28.3. The molecular formula is C23H28NO8S2+. The summed E-state index contributed by atoms with van der Waals surface area (Å²) in [5.41, 5.74) is -1.72. The lowest BCUT2D eigenvalue weighted by atomic mass is 9.95. The van der Waals surface area contributed by atoms with Crippen LogP contribution in [0.3, 0.4) is 0 Å². The molecule has 0 aliphatic carbocycles. The Morgan fingerprint density at radius 1 is 1.00 bits per heavy atom. The van der Waals surface area contributed by atoms with Crippen molar-refractivity contribution in [2.45, 2.75) is 61.7 Å². The van der Waals surface area contributed by atoms with E-state index in [9.17, 15) is 19.5 Å². The van der Waals surface area contributed by atoms with Gasteiger partial charge in [0.2, 0.25) is 5.60 Å². The van der Waals surface area contributed by atoms with Crippen molar-refractivity contribution < 1.29 is 43.7 Å². The van der Waals surface area contributed by atoms with Gasteiger partial charge in [-0.05, 0) is 22.9 Å². The number of likely N-dealkylation sites (N-methyl/N-ethyl adjacent to an activating group) is 1. The second kappa shape index (κ2) is 9.38. The molecule has 1 unspecified atom stereocenters. The lowest BCUT2D eigenvalue weighted by Crippen LogP contribution is -2.60. The van der Waals surface area contributed by atoms with E-state index in [-0.39, 0.29) is 18.9 Å². The number of aliphatic carboxylic acids is 2. The predicted octanol–water partition coefficient (Wildman–Crippen LogP) is 2.28. The van der Waals surface area contributed by atoms with Crippen LogP contribution in [0.4, 0.5) is 0 Å². The minimum Gasteiger partial charge on any atom is -0.481 e. The number of aliphatic hydroxyl groups is 1. The van der Waals surface area contributed by atoms with Crippen molar-refractivity contribution >= 4 is 40.6 Å². The highest BCUT2D eigenvalue weighted by Gasteiger charge is 2.71. The zero-order valence-corrected chi connectivity index (χ0v) is 20.5. The number of carbonyl (C=O) groups is 3. The van der Waals surface area contributed by atoms with Crippen LogP contribution in [-0.4, -0.2) is 82.2 Å². The molecule has 0 saturated carbocycles. The third kappa shape index (κ3) is 4.63. The van der Waals surface area contributed by atoms with Crippen LogP contribution in [0.15, 0.2) is 35.0 Å². The molecule has 0 radical (unpaired) electrons. The van der Waals surface area contributed by atoms with Gasteiger partial charge < -0.3 is 29.3 Å². The fraction of sp³-hybridized carbons (Fsp3) is 0.522. The summed E-state index contributed by atoms with van der Waals surface area (Å²) in [4.78, 5) is 33.6. The lowest BCUT2D eigenvalue weighted by molar-refractivity contribution is -0.938. The van der Waals surface area contributed by atoms with Crippen molar-refractivity contribution in [2.75, 3.05) is 14.1 Å². The Labute approximate surface area is 204 Å². The number of carbonyl (C=O) groups excluding carboxylic acids is 1. The fourth-order valence-electron chi connectivity index (χ4n) is 5.04. The Morgan fingerprint density at radius 3 is 1.85 bits per heavy atom. The molecule has 0 aromatic carbocycles. The summed E-state index contributed by atoms with van der Waals surface area (Å²) in [6.07, 6.45) is 1.46. The molecule has 5 heterocycles. The standard InChI is InChI=1S/C19H22NO4S2.C4H6O4/c1-20(2)12-9-11(10-13(20)17-16(12)24-17)23-18(21)19(22,14-5-3-7-25-14)15-6-4-8-26-15;5-3(6)1-2-4(7)8/h3-8,11-13,16-17,22H,9-10H2,1-2H3;1-2H2,(H,5,6)(H,7,8)/q+1;/t11?,12-,13-,16-,17+;/m0./s1. The van der Waals surface area contributed by atoms with Crippen LogP contribution in [0.1, 0.15) is 35.4 Å². The Bertz CT molecular complexity index is 967. The smallest absolute Gasteiger partial charge is 0.349 e. The highest BCUT2D eigenvalue weighted by atomic mass is 32.1. The van der Waals surface area contributed by atoms with Crippen LogP contribution in [0, 0.1) is 0 Å². The summed E-state index contributed by atoms with van der Waals surface area (Å²) in [7, 11) is 4.49. The molecule has 9 nitrogen and oxygen atoms in total. The van der Waals surface area contributed by atoms with Gasteiger partial charge in [0.15, 0.2) is 0 Å². The van der Waals surface area contributed by atoms with Crippen molar-refractivity contribution in [1.82, 2.24) is 0 Å². The first kappa shape index (κ1) is 24.8. The second-order valence-corrected chi connectivity index (χ2v) is 11.2. The number of esters is 1. The van der Waals surface area contributed by atoms with Gasteiger partial charge in [-0.25, -0.2) is 4.79 Å². The third-order valence-corrected chi connectivity index (χ3v) is 8.87. The van der Waals surface area contributed by atoms with Crippen LogP contribution in [-0.2, 0) is 29.5 Å². The Morgan fingerprint density at radius 2 is 1.47 bits per heavy atom. The maximum absolute atomic E-state index is 13.1. The molecule has 2 aromatic rings. The Hall–Kier alpha value is -2.31. The van der Waals surface area contributed by atoms with E-state index in [1.807, 2.05) is 22.9 Å². The van der Waals surface area contributed by atoms with Crippen LogP contribution in [0.2, 0.25) is 0 Å². The van der Waals surface area contributed by atoms with Gasteiger partial charge >= 0.3 is 17.9 Å². The third-order valence-electron chi connectivity index (χ3n) is 6.92. The van der Waals surface area contributed by atoms with Crippen molar-refractivity contribution in [3.05, 3.63) is 44.8 Å². The number of carboxylic acid groups (broad SMARTS) is 2. The largest absolute Gasteiger partial charge is 0.481 e. The zero-order chi connectivity index (χ0) is 24.7. The van der Waals surface area contributed by atoms with Crippen LogP contribution < -0.4 is 0 Å². The molecule has 11 heteroatoms. The van der Waals surface area contributed by atoms with Crippen LogP contribution >= 0.6 is 22.7 Å². The van der Waals surface area contributed by atoms with E-state index < -0.39 is 23.5 Å². The number of piperidine rings is 1. The quantitative estimate of drug-likeness (QED) is 0.294. The highest BCUT2D eigenvalue weighted by Crippen LogP contribution is 2.52. The number of ether oxygens (including phenoxy) is 2. The van der Waals surface area contributed by atoms with Crippen molar-refractivity contribution in [3.8, 4) is 0 Å². The number of hydrogen-bond donors (Lipinski definition) is 3. The second-order valence-electron chi connectivity index (χ2n) is 9.28. The van der Waals surface area contributed by atoms with E-state index in [2.05, 4.69) is 14.1 Å². The van der Waals surface area contributed by atoms with Crippen molar-refractivity contribution in [2.24, 2.45) is 0 Å². The van der Waals surface area contributed by atoms with E-state index in [0.717, 1.165) is 17.3 Å². The topological polar surface area (TPSA) is 134 Å². The first-order valence-electron chi connectivity index (χ1n) is 11.0. The van der Waals surface area contributed by atoms with E-state index in [1.54, 1.807) is 12.1 Å². The molecule has 34 heavy (non-hydrogen) atoms. The van der Waals surface area contributed by atoms with Gasteiger partial charge in [-0.3, -0.25) is 9.59 Å². The summed E-state index contributed by atoms with van der Waals surface area (Å²) in [6, 6.07) is 8.01. The van der Waals surface area contributed by atoms with E-state index in [4.69, 9.17) is 19.7 Å².